The highest BCUT2D eigenvalue weighted by Gasteiger charge is 2.05. The van der Waals surface area contributed by atoms with E-state index in [1.54, 1.807) is 0 Å². The third-order valence-electron chi connectivity index (χ3n) is 3.85. The van der Waals surface area contributed by atoms with Gasteiger partial charge in [0.2, 0.25) is 5.91 Å². The zero-order chi connectivity index (χ0) is 20.4. The summed E-state index contributed by atoms with van der Waals surface area (Å²) in [5.74, 6) is 1.96. The second-order valence-corrected chi connectivity index (χ2v) is 7.23. The van der Waals surface area contributed by atoms with Gasteiger partial charge in [0.05, 0.1) is 13.2 Å². The quantitative estimate of drug-likeness (QED) is 0.530. The van der Waals surface area contributed by atoms with E-state index in [0.29, 0.717) is 24.8 Å². The van der Waals surface area contributed by atoms with Gasteiger partial charge >= 0.3 is 0 Å². The highest BCUT2D eigenvalue weighted by molar-refractivity contribution is 5.93. The van der Waals surface area contributed by atoms with Crippen molar-refractivity contribution >= 4 is 17.3 Å². The predicted octanol–water partition coefficient (Wildman–Crippen LogP) is 5.12. The molecule has 5 nitrogen and oxygen atoms in total. The van der Waals surface area contributed by atoms with Crippen LogP contribution in [0.15, 0.2) is 60.7 Å². The van der Waals surface area contributed by atoms with E-state index in [0.717, 1.165) is 29.2 Å². The fraction of sp³-hybridized carbons (Fsp3) is 0.348. The molecule has 0 aliphatic carbocycles. The van der Waals surface area contributed by atoms with E-state index in [4.69, 9.17) is 9.47 Å². The van der Waals surface area contributed by atoms with E-state index in [1.165, 1.54) is 0 Å². The lowest BCUT2D eigenvalue weighted by Gasteiger charge is -2.12. The van der Waals surface area contributed by atoms with Crippen LogP contribution in [0.3, 0.4) is 0 Å². The van der Waals surface area contributed by atoms with Gasteiger partial charge in [-0.05, 0) is 49.1 Å². The van der Waals surface area contributed by atoms with Gasteiger partial charge in [0.1, 0.15) is 18.1 Å². The van der Waals surface area contributed by atoms with Crippen molar-refractivity contribution in [1.29, 1.82) is 0 Å². The Hall–Kier alpha value is -2.95. The normalized spacial score (nSPS) is 10.4. The summed E-state index contributed by atoms with van der Waals surface area (Å²) in [6, 6.07) is 15.0. The molecule has 28 heavy (non-hydrogen) atoms. The topological polar surface area (TPSA) is 59.6 Å². The number of carbonyl (C=O) groups excluding carboxylic acids is 1. The van der Waals surface area contributed by atoms with E-state index in [-0.39, 0.29) is 12.5 Å². The standard InChI is InChI=1S/C23H30N2O3/c1-17(2)11-12-27-21-9-6-8-20(14-21)25-23(26)15-24-19-7-5-10-22(13-19)28-16-18(3)4/h5-10,13-14,17,24H,3,11-12,15-16H2,1-2,4H3,(H,25,26). The molecule has 0 aromatic heterocycles. The summed E-state index contributed by atoms with van der Waals surface area (Å²) in [6.07, 6.45) is 0.996. The molecule has 1 amide bonds. The molecular weight excluding hydrogens is 352 g/mol. The molecule has 0 aliphatic rings. The highest BCUT2D eigenvalue weighted by Crippen LogP contribution is 2.19. The lowest BCUT2D eigenvalue weighted by atomic mass is 10.1. The van der Waals surface area contributed by atoms with Crippen molar-refractivity contribution in [3.8, 4) is 11.5 Å². The summed E-state index contributed by atoms with van der Waals surface area (Å²) < 4.78 is 11.4. The SMILES string of the molecule is C=C(C)COc1cccc(NCC(=O)Nc2cccc(OCCC(C)C)c2)c1. The Morgan fingerprint density at radius 3 is 2.36 bits per heavy atom. The molecule has 2 aromatic carbocycles. The number of carbonyl (C=O) groups is 1. The van der Waals surface area contributed by atoms with Gasteiger partial charge in [-0.2, -0.15) is 0 Å². The first-order valence-electron chi connectivity index (χ1n) is 9.56. The van der Waals surface area contributed by atoms with Crippen LogP contribution >= 0.6 is 0 Å². The van der Waals surface area contributed by atoms with Crippen LogP contribution in [-0.2, 0) is 4.79 Å². The third-order valence-corrected chi connectivity index (χ3v) is 3.85. The Bertz CT molecular complexity index is 787. The molecular formula is C23H30N2O3. The van der Waals surface area contributed by atoms with E-state index in [2.05, 4.69) is 31.1 Å². The molecule has 0 aliphatic heterocycles. The molecule has 5 heteroatoms. The number of benzene rings is 2. The Labute approximate surface area is 167 Å². The average molecular weight is 383 g/mol. The van der Waals surface area contributed by atoms with E-state index in [1.807, 2.05) is 55.5 Å². The van der Waals surface area contributed by atoms with Crippen molar-refractivity contribution < 1.29 is 14.3 Å². The molecule has 0 heterocycles. The zero-order valence-electron chi connectivity index (χ0n) is 17.0. The summed E-state index contributed by atoms with van der Waals surface area (Å²) in [6.45, 7) is 11.4. The van der Waals surface area contributed by atoms with Crippen LogP contribution < -0.4 is 20.1 Å². The highest BCUT2D eigenvalue weighted by atomic mass is 16.5. The van der Waals surface area contributed by atoms with Gasteiger partial charge in [0, 0.05) is 23.5 Å². The fourth-order valence-electron chi connectivity index (χ4n) is 2.37. The molecule has 2 rings (SSSR count). The van der Waals surface area contributed by atoms with Gasteiger partial charge in [-0.1, -0.05) is 32.6 Å². The maximum atomic E-state index is 12.2. The lowest BCUT2D eigenvalue weighted by molar-refractivity contribution is -0.114. The van der Waals surface area contributed by atoms with Gasteiger partial charge in [0.15, 0.2) is 0 Å². The molecule has 0 saturated carbocycles. The van der Waals surface area contributed by atoms with Gasteiger partial charge in [-0.25, -0.2) is 0 Å². The first-order chi connectivity index (χ1) is 13.4. The molecule has 0 saturated heterocycles. The average Bonchev–Trinajstić information content (AvgIpc) is 2.65. The van der Waals surface area contributed by atoms with Gasteiger partial charge in [-0.3, -0.25) is 4.79 Å². The smallest absolute Gasteiger partial charge is 0.243 e. The van der Waals surface area contributed by atoms with Gasteiger partial charge in [-0.15, -0.1) is 0 Å². The molecule has 2 aromatic rings. The van der Waals surface area contributed by atoms with Crippen molar-refractivity contribution in [2.75, 3.05) is 30.4 Å². The van der Waals surface area contributed by atoms with Crippen LogP contribution in [0.2, 0.25) is 0 Å². The number of amides is 1. The molecule has 0 spiro atoms. The Kier molecular flexibility index (Phi) is 8.40. The minimum atomic E-state index is -0.132. The molecule has 2 N–H and O–H groups in total. The predicted molar refractivity (Wildman–Crippen MR) is 115 cm³/mol. The van der Waals surface area contributed by atoms with Crippen LogP contribution in [0.4, 0.5) is 11.4 Å². The van der Waals surface area contributed by atoms with Gasteiger partial charge in [0.25, 0.3) is 0 Å². The molecule has 0 unspecified atom stereocenters. The second-order valence-electron chi connectivity index (χ2n) is 7.23. The number of nitrogens with one attached hydrogen (secondary N) is 2. The summed E-state index contributed by atoms with van der Waals surface area (Å²) in [7, 11) is 0. The van der Waals surface area contributed by atoms with E-state index < -0.39 is 0 Å². The number of ether oxygens (including phenoxy) is 2. The van der Waals surface area contributed by atoms with Crippen molar-refractivity contribution in [3.05, 3.63) is 60.7 Å². The molecule has 0 radical (unpaired) electrons. The van der Waals surface area contributed by atoms with Crippen molar-refractivity contribution in [2.24, 2.45) is 5.92 Å². The molecule has 0 bridgehead atoms. The van der Waals surface area contributed by atoms with Crippen LogP contribution in [0.5, 0.6) is 11.5 Å². The van der Waals surface area contributed by atoms with Crippen molar-refractivity contribution in [1.82, 2.24) is 0 Å². The van der Waals surface area contributed by atoms with Gasteiger partial charge < -0.3 is 20.1 Å². The maximum absolute atomic E-state index is 12.2. The van der Waals surface area contributed by atoms with Crippen LogP contribution in [0.1, 0.15) is 27.2 Å². The monoisotopic (exact) mass is 382 g/mol. The van der Waals surface area contributed by atoms with Crippen LogP contribution in [-0.4, -0.2) is 25.7 Å². The Morgan fingerprint density at radius 2 is 1.68 bits per heavy atom. The minimum Gasteiger partial charge on any atom is -0.494 e. The Morgan fingerprint density at radius 1 is 1.04 bits per heavy atom. The second kappa shape index (κ2) is 11.0. The van der Waals surface area contributed by atoms with E-state index >= 15 is 0 Å². The first-order valence-corrected chi connectivity index (χ1v) is 9.56. The van der Waals surface area contributed by atoms with Crippen molar-refractivity contribution in [2.45, 2.75) is 27.2 Å². The number of hydrogen-bond acceptors (Lipinski definition) is 4. The zero-order valence-corrected chi connectivity index (χ0v) is 17.0. The van der Waals surface area contributed by atoms with Crippen LogP contribution in [0.25, 0.3) is 0 Å². The molecule has 0 fully saturated rings. The third kappa shape index (κ3) is 8.16. The lowest BCUT2D eigenvalue weighted by Crippen LogP contribution is -2.21. The summed E-state index contributed by atoms with van der Waals surface area (Å²) in [5.41, 5.74) is 2.49. The summed E-state index contributed by atoms with van der Waals surface area (Å²) in [5, 5.41) is 5.99. The number of hydrogen-bond donors (Lipinski definition) is 2. The largest absolute Gasteiger partial charge is 0.494 e. The number of anilines is 2. The summed E-state index contributed by atoms with van der Waals surface area (Å²) in [4.78, 5) is 12.2. The Balaban J connectivity index is 1.82. The fourth-order valence-corrected chi connectivity index (χ4v) is 2.37. The van der Waals surface area contributed by atoms with E-state index in [9.17, 15) is 4.79 Å². The van der Waals surface area contributed by atoms with Crippen LogP contribution in [0, 0.1) is 5.92 Å². The molecule has 150 valence electrons. The maximum Gasteiger partial charge on any atom is 0.243 e. The van der Waals surface area contributed by atoms with Crippen molar-refractivity contribution in [3.63, 3.8) is 0 Å². The first kappa shape index (κ1) is 21.4. The molecule has 0 atom stereocenters. The number of rotatable bonds is 11. The minimum absolute atomic E-state index is 0.132. The summed E-state index contributed by atoms with van der Waals surface area (Å²) >= 11 is 0.